The van der Waals surface area contributed by atoms with Crippen LogP contribution in [-0.4, -0.2) is 16.7 Å². The lowest BCUT2D eigenvalue weighted by atomic mass is 10.2. The molecular weight excluding hydrogens is 232 g/mol. The molecule has 0 unspecified atom stereocenters. The quantitative estimate of drug-likeness (QED) is 0.500. The maximum Gasteiger partial charge on any atom is 0.245 e. The highest BCUT2D eigenvalue weighted by Crippen LogP contribution is 2.05. The average Bonchev–Trinajstić information content (AvgIpc) is 2.94. The highest BCUT2D eigenvalue weighted by molar-refractivity contribution is 6.50. The zero-order valence-corrected chi connectivity index (χ0v) is 9.20. The number of rotatable bonds is 4. The Labute approximate surface area is 103 Å². The number of hydrogen-bond donors (Lipinski definition) is 1. The van der Waals surface area contributed by atoms with Crippen LogP contribution in [0.25, 0.3) is 0 Å². The average molecular weight is 240 g/mol. The van der Waals surface area contributed by atoms with Crippen molar-refractivity contribution in [1.29, 1.82) is 5.26 Å². The number of Topliss-reactive ketones (excluding diaryl/α,β-unsaturated/α-hetero) is 1. The van der Waals surface area contributed by atoms with Crippen LogP contribution in [0.1, 0.15) is 10.5 Å². The minimum absolute atomic E-state index is 0.0464. The summed E-state index contributed by atoms with van der Waals surface area (Å²) in [6.45, 7) is 0. The van der Waals surface area contributed by atoms with Crippen molar-refractivity contribution < 1.29 is 9.32 Å². The molecule has 1 N–H and O–H groups in total. The van der Waals surface area contributed by atoms with Gasteiger partial charge in [0.15, 0.2) is 5.69 Å². The summed E-state index contributed by atoms with van der Waals surface area (Å²) in [5.41, 5.74) is 3.07. The van der Waals surface area contributed by atoms with Gasteiger partial charge in [0.1, 0.15) is 12.3 Å². The Bertz CT molecular complexity index is 597. The Kier molecular flexibility index (Phi) is 3.47. The van der Waals surface area contributed by atoms with Crippen molar-refractivity contribution in [3.05, 3.63) is 48.4 Å². The van der Waals surface area contributed by atoms with E-state index in [1.807, 2.05) is 18.2 Å². The monoisotopic (exact) mass is 240 g/mol. The number of nitrogens with zero attached hydrogens (tertiary/aromatic N) is 3. The van der Waals surface area contributed by atoms with Gasteiger partial charge in [0, 0.05) is 6.07 Å². The molecule has 1 heterocycles. The van der Waals surface area contributed by atoms with Crippen molar-refractivity contribution in [1.82, 2.24) is 5.16 Å². The Morgan fingerprint density at radius 3 is 2.72 bits per heavy atom. The number of benzene rings is 1. The van der Waals surface area contributed by atoms with Gasteiger partial charge in [-0.1, -0.05) is 23.4 Å². The van der Waals surface area contributed by atoms with Gasteiger partial charge in [0.05, 0.1) is 5.69 Å². The lowest BCUT2D eigenvalue weighted by Crippen LogP contribution is -2.14. The van der Waals surface area contributed by atoms with E-state index >= 15 is 0 Å². The first-order valence-corrected chi connectivity index (χ1v) is 5.05. The summed E-state index contributed by atoms with van der Waals surface area (Å²) >= 11 is 0. The molecule has 0 spiro atoms. The summed E-state index contributed by atoms with van der Waals surface area (Å²) in [6, 6.07) is 12.1. The molecule has 0 saturated heterocycles. The molecule has 0 radical (unpaired) electrons. The third-order valence-electron chi connectivity index (χ3n) is 2.06. The topological polar surface area (TPSA) is 91.3 Å². The third kappa shape index (κ3) is 2.59. The first kappa shape index (κ1) is 11.5. The zero-order valence-electron chi connectivity index (χ0n) is 9.20. The number of hydrogen-bond acceptors (Lipinski definition) is 6. The summed E-state index contributed by atoms with van der Waals surface area (Å²) in [4.78, 5) is 11.7. The van der Waals surface area contributed by atoms with Gasteiger partial charge in [0.2, 0.25) is 11.5 Å². The second-order valence-electron chi connectivity index (χ2n) is 3.26. The van der Waals surface area contributed by atoms with Gasteiger partial charge >= 0.3 is 0 Å². The number of hydrazone groups is 1. The van der Waals surface area contributed by atoms with Crippen LogP contribution in [0.2, 0.25) is 0 Å². The third-order valence-corrected chi connectivity index (χ3v) is 2.06. The lowest BCUT2D eigenvalue weighted by Gasteiger charge is -1.99. The van der Waals surface area contributed by atoms with E-state index in [0.717, 1.165) is 0 Å². The number of ketones is 1. The summed E-state index contributed by atoms with van der Waals surface area (Å²) < 4.78 is 4.54. The van der Waals surface area contributed by atoms with Crippen molar-refractivity contribution in [2.24, 2.45) is 5.10 Å². The number of carbonyl (C=O) groups excluding carboxylic acids is 1. The Balaban J connectivity index is 2.15. The predicted octanol–water partition coefficient (Wildman–Crippen LogP) is 1.85. The first-order chi connectivity index (χ1) is 8.81. The molecule has 1 aromatic heterocycles. The molecule has 6 heteroatoms. The largest absolute Gasteiger partial charge is 0.364 e. The molecule has 0 amide bonds. The van der Waals surface area contributed by atoms with Gasteiger partial charge < -0.3 is 4.52 Å². The van der Waals surface area contributed by atoms with Crippen LogP contribution in [0.4, 0.5) is 5.69 Å². The Morgan fingerprint density at radius 1 is 1.33 bits per heavy atom. The summed E-state index contributed by atoms with van der Waals surface area (Å²) in [5.74, 6) is -0.588. The van der Waals surface area contributed by atoms with Crippen LogP contribution in [0.15, 0.2) is 52.3 Å². The SMILES string of the molecule is N#CC(=NNc1ccccc1)C(=O)c1ccon1. The van der Waals surface area contributed by atoms with Crippen molar-refractivity contribution in [3.8, 4) is 6.07 Å². The molecular formula is C12H8N4O2. The van der Waals surface area contributed by atoms with E-state index in [0.29, 0.717) is 5.69 Å². The van der Waals surface area contributed by atoms with E-state index in [9.17, 15) is 4.79 Å². The lowest BCUT2D eigenvalue weighted by molar-refractivity contribution is 0.105. The van der Waals surface area contributed by atoms with Crippen LogP contribution >= 0.6 is 0 Å². The standard InChI is InChI=1S/C12H8N4O2/c13-8-11(12(17)10-6-7-18-16-10)15-14-9-4-2-1-3-5-9/h1-7,14H. The minimum atomic E-state index is -0.588. The van der Waals surface area contributed by atoms with E-state index < -0.39 is 5.78 Å². The van der Waals surface area contributed by atoms with E-state index in [1.165, 1.54) is 12.3 Å². The molecule has 2 aromatic rings. The number of aromatic nitrogens is 1. The van der Waals surface area contributed by atoms with Crippen molar-refractivity contribution >= 4 is 17.2 Å². The summed E-state index contributed by atoms with van der Waals surface area (Å²) in [7, 11) is 0. The molecule has 0 aliphatic heterocycles. The second-order valence-corrected chi connectivity index (χ2v) is 3.26. The van der Waals surface area contributed by atoms with Crippen LogP contribution in [-0.2, 0) is 0 Å². The van der Waals surface area contributed by atoms with E-state index in [1.54, 1.807) is 18.2 Å². The fraction of sp³-hybridized carbons (Fsp3) is 0. The van der Waals surface area contributed by atoms with Gasteiger partial charge in [-0.15, -0.1) is 0 Å². The fourth-order valence-corrected chi connectivity index (χ4v) is 1.21. The molecule has 0 fully saturated rings. The number of para-hydroxylation sites is 1. The molecule has 2 rings (SSSR count). The van der Waals surface area contributed by atoms with Crippen LogP contribution in [0.3, 0.4) is 0 Å². The smallest absolute Gasteiger partial charge is 0.245 e. The number of nitriles is 1. The van der Waals surface area contributed by atoms with Crippen LogP contribution in [0, 0.1) is 11.3 Å². The molecule has 0 aliphatic rings. The highest BCUT2D eigenvalue weighted by atomic mass is 16.5. The van der Waals surface area contributed by atoms with Gasteiger partial charge in [-0.25, -0.2) is 0 Å². The summed E-state index contributed by atoms with van der Waals surface area (Å²) in [6.07, 6.45) is 1.26. The maximum atomic E-state index is 11.7. The Morgan fingerprint density at radius 2 is 2.11 bits per heavy atom. The zero-order chi connectivity index (χ0) is 12.8. The Hall–Kier alpha value is -2.94. The maximum absolute atomic E-state index is 11.7. The number of anilines is 1. The second kappa shape index (κ2) is 5.41. The minimum Gasteiger partial charge on any atom is -0.364 e. The van der Waals surface area contributed by atoms with E-state index in [-0.39, 0.29) is 11.4 Å². The van der Waals surface area contributed by atoms with Crippen molar-refractivity contribution in [2.45, 2.75) is 0 Å². The number of carbonyl (C=O) groups is 1. The normalized spacial score (nSPS) is 10.7. The van der Waals surface area contributed by atoms with Crippen LogP contribution < -0.4 is 5.43 Å². The molecule has 0 saturated carbocycles. The van der Waals surface area contributed by atoms with E-state index in [4.69, 9.17) is 5.26 Å². The van der Waals surface area contributed by atoms with Crippen LogP contribution in [0.5, 0.6) is 0 Å². The predicted molar refractivity (Wildman–Crippen MR) is 63.9 cm³/mol. The fourth-order valence-electron chi connectivity index (χ4n) is 1.21. The van der Waals surface area contributed by atoms with Gasteiger partial charge in [0.25, 0.3) is 0 Å². The molecule has 1 aromatic carbocycles. The molecule has 6 nitrogen and oxygen atoms in total. The number of nitrogens with one attached hydrogen (secondary N) is 1. The summed E-state index contributed by atoms with van der Waals surface area (Å²) in [5, 5.41) is 16.1. The first-order valence-electron chi connectivity index (χ1n) is 5.05. The molecule has 0 aliphatic carbocycles. The van der Waals surface area contributed by atoms with Gasteiger partial charge in [-0.3, -0.25) is 10.2 Å². The van der Waals surface area contributed by atoms with Crippen molar-refractivity contribution in [2.75, 3.05) is 5.43 Å². The molecule has 0 bridgehead atoms. The van der Waals surface area contributed by atoms with Gasteiger partial charge in [-0.2, -0.15) is 10.4 Å². The van der Waals surface area contributed by atoms with E-state index in [2.05, 4.69) is 20.2 Å². The molecule has 18 heavy (non-hydrogen) atoms. The van der Waals surface area contributed by atoms with Crippen molar-refractivity contribution in [3.63, 3.8) is 0 Å². The molecule has 0 atom stereocenters. The molecule has 88 valence electrons. The highest BCUT2D eigenvalue weighted by Gasteiger charge is 2.16. The van der Waals surface area contributed by atoms with Gasteiger partial charge in [-0.05, 0) is 12.1 Å².